The van der Waals surface area contributed by atoms with Crippen LogP contribution in [0, 0.1) is 0 Å². The number of rotatable bonds is 3. The van der Waals surface area contributed by atoms with E-state index in [2.05, 4.69) is 13.5 Å². The maximum Gasteiger partial charge on any atom is 0.0438 e. The van der Waals surface area contributed by atoms with Crippen molar-refractivity contribution in [2.24, 2.45) is 5.84 Å². The summed E-state index contributed by atoms with van der Waals surface area (Å²) in [5.41, 5.74) is 0.830. The molecule has 0 heterocycles. The van der Waals surface area contributed by atoms with Gasteiger partial charge in [-0.25, -0.2) is 5.84 Å². The predicted molar refractivity (Wildman–Crippen MR) is 40.5 cm³/mol. The van der Waals surface area contributed by atoms with Crippen molar-refractivity contribution in [3.8, 4) is 0 Å². The first kappa shape index (κ1) is 8.24. The Bertz CT molecular complexity index is 114. The molecule has 0 aromatic carbocycles. The molecule has 0 spiro atoms. The van der Waals surface area contributed by atoms with Crippen LogP contribution in [-0.2, 0) is 0 Å². The van der Waals surface area contributed by atoms with E-state index < -0.39 is 0 Å². The fourth-order valence-corrected chi connectivity index (χ4v) is 0.371. The molecule has 0 saturated carbocycles. The smallest absolute Gasteiger partial charge is 0.0438 e. The van der Waals surface area contributed by atoms with E-state index >= 15 is 0 Å². The highest BCUT2D eigenvalue weighted by Gasteiger charge is 1.86. The van der Waals surface area contributed by atoms with E-state index in [9.17, 15) is 0 Å². The Balaban J connectivity index is 3.63. The molecule has 0 atom stereocenters. The van der Waals surface area contributed by atoms with Gasteiger partial charge in [0.15, 0.2) is 0 Å². The van der Waals surface area contributed by atoms with Crippen molar-refractivity contribution in [1.29, 1.82) is 0 Å². The molecule has 0 aromatic heterocycles. The number of nitrogens with zero attached hydrogens (tertiary/aromatic N) is 1. The molecule has 0 fully saturated rings. The van der Waals surface area contributed by atoms with E-state index in [1.165, 1.54) is 5.01 Å². The third-order valence-corrected chi connectivity index (χ3v) is 0.999. The van der Waals surface area contributed by atoms with Gasteiger partial charge in [0.2, 0.25) is 0 Å². The molecule has 0 radical (unpaired) electrons. The summed E-state index contributed by atoms with van der Waals surface area (Å²) in [5.74, 6) is 5.36. The fraction of sp³-hybridized carbons (Fsp3) is 0.429. The molecule has 2 N–H and O–H groups in total. The Hall–Kier alpha value is -0.760. The lowest BCUT2D eigenvalue weighted by Gasteiger charge is -2.10. The zero-order chi connectivity index (χ0) is 7.28. The van der Waals surface area contributed by atoms with Gasteiger partial charge in [0, 0.05) is 12.7 Å². The van der Waals surface area contributed by atoms with Gasteiger partial charge in [-0.1, -0.05) is 19.6 Å². The number of likely N-dealkylation sites (N-methyl/N-ethyl adjacent to an activating group) is 1. The molecule has 0 amide bonds. The Morgan fingerprint density at radius 2 is 2.33 bits per heavy atom. The van der Waals surface area contributed by atoms with Gasteiger partial charge in [-0.05, 0) is 12.5 Å². The summed E-state index contributed by atoms with van der Waals surface area (Å²) in [4.78, 5) is 0. The van der Waals surface area contributed by atoms with Crippen LogP contribution in [-0.4, -0.2) is 12.1 Å². The molecule has 9 heavy (non-hydrogen) atoms. The summed E-state index contributed by atoms with van der Waals surface area (Å²) in [6, 6.07) is 0. The average Bonchev–Trinajstić information content (AvgIpc) is 1.82. The van der Waals surface area contributed by atoms with Gasteiger partial charge in [-0.15, -0.1) is 0 Å². The maximum atomic E-state index is 5.36. The number of allylic oxidation sites excluding steroid dienone is 2. The van der Waals surface area contributed by atoms with E-state index in [0.717, 1.165) is 12.1 Å². The highest BCUT2D eigenvalue weighted by molar-refractivity contribution is 5.10. The SMILES string of the molecule is C=C(/C=C\CC)N(C)N. The zero-order valence-electron chi connectivity index (χ0n) is 6.09. The maximum absolute atomic E-state index is 5.36. The minimum absolute atomic E-state index is 0.830. The van der Waals surface area contributed by atoms with E-state index in [0.29, 0.717) is 0 Å². The summed E-state index contributed by atoms with van der Waals surface area (Å²) in [6.45, 7) is 5.78. The largest absolute Gasteiger partial charge is 0.315 e. The van der Waals surface area contributed by atoms with Gasteiger partial charge in [0.05, 0.1) is 0 Å². The molecule has 0 aromatic rings. The summed E-state index contributed by atoms with van der Waals surface area (Å²) < 4.78 is 0. The summed E-state index contributed by atoms with van der Waals surface area (Å²) >= 11 is 0. The van der Waals surface area contributed by atoms with Crippen molar-refractivity contribution in [1.82, 2.24) is 5.01 Å². The van der Waals surface area contributed by atoms with Crippen molar-refractivity contribution in [2.75, 3.05) is 7.05 Å². The van der Waals surface area contributed by atoms with Crippen LogP contribution in [0.1, 0.15) is 13.3 Å². The summed E-state index contributed by atoms with van der Waals surface area (Å²) in [7, 11) is 1.77. The normalized spacial score (nSPS) is 10.1. The molecular weight excluding hydrogens is 112 g/mol. The van der Waals surface area contributed by atoms with Gasteiger partial charge < -0.3 is 5.01 Å². The molecule has 0 saturated heterocycles. The van der Waals surface area contributed by atoms with E-state index in [1.54, 1.807) is 7.05 Å². The molecule has 0 aliphatic carbocycles. The molecule has 0 rings (SSSR count). The van der Waals surface area contributed by atoms with E-state index in [4.69, 9.17) is 5.84 Å². The van der Waals surface area contributed by atoms with Crippen molar-refractivity contribution < 1.29 is 0 Å². The Morgan fingerprint density at radius 1 is 1.78 bits per heavy atom. The summed E-state index contributed by atoms with van der Waals surface area (Å²) in [6.07, 6.45) is 4.94. The van der Waals surface area contributed by atoms with Gasteiger partial charge >= 0.3 is 0 Å². The van der Waals surface area contributed by atoms with Crippen LogP contribution in [0.2, 0.25) is 0 Å². The van der Waals surface area contributed by atoms with Crippen molar-refractivity contribution in [3.63, 3.8) is 0 Å². The van der Waals surface area contributed by atoms with Gasteiger partial charge in [-0.3, -0.25) is 0 Å². The van der Waals surface area contributed by atoms with Crippen LogP contribution >= 0.6 is 0 Å². The molecule has 2 nitrogen and oxygen atoms in total. The lowest BCUT2D eigenvalue weighted by atomic mass is 10.3. The molecule has 0 unspecified atom stereocenters. The third-order valence-electron chi connectivity index (χ3n) is 0.999. The van der Waals surface area contributed by atoms with Crippen LogP contribution in [0.5, 0.6) is 0 Å². The van der Waals surface area contributed by atoms with Gasteiger partial charge in [0.25, 0.3) is 0 Å². The molecule has 2 heteroatoms. The predicted octanol–water partition coefficient (Wildman–Crippen LogP) is 1.27. The second kappa shape index (κ2) is 4.15. The number of nitrogens with two attached hydrogens (primary N) is 1. The van der Waals surface area contributed by atoms with Gasteiger partial charge in [-0.2, -0.15) is 0 Å². The van der Waals surface area contributed by atoms with Crippen LogP contribution < -0.4 is 5.84 Å². The van der Waals surface area contributed by atoms with Crippen LogP contribution in [0.4, 0.5) is 0 Å². The Kier molecular flexibility index (Phi) is 3.80. The number of hydrogen-bond acceptors (Lipinski definition) is 2. The molecule has 0 aliphatic rings. The fourth-order valence-electron chi connectivity index (χ4n) is 0.371. The standard InChI is InChI=1S/C7H14N2/c1-4-5-6-7(2)9(3)8/h5-6H,2,4,8H2,1,3H3/b6-5-. The molecule has 0 bridgehead atoms. The first-order valence-corrected chi connectivity index (χ1v) is 3.02. The first-order valence-electron chi connectivity index (χ1n) is 3.02. The quantitative estimate of drug-likeness (QED) is 0.350. The van der Waals surface area contributed by atoms with Crippen molar-refractivity contribution >= 4 is 0 Å². The average molecular weight is 126 g/mol. The van der Waals surface area contributed by atoms with E-state index in [1.807, 2.05) is 12.2 Å². The summed E-state index contributed by atoms with van der Waals surface area (Å²) in [5, 5.41) is 1.49. The third kappa shape index (κ3) is 3.79. The van der Waals surface area contributed by atoms with Crippen molar-refractivity contribution in [2.45, 2.75) is 13.3 Å². The van der Waals surface area contributed by atoms with Crippen LogP contribution in [0.3, 0.4) is 0 Å². The highest BCUT2D eigenvalue weighted by Crippen LogP contribution is 1.93. The highest BCUT2D eigenvalue weighted by atomic mass is 15.4. The van der Waals surface area contributed by atoms with Gasteiger partial charge in [0.1, 0.15) is 0 Å². The second-order valence-corrected chi connectivity index (χ2v) is 1.91. The lowest BCUT2D eigenvalue weighted by Crippen LogP contribution is -2.23. The van der Waals surface area contributed by atoms with E-state index in [-0.39, 0.29) is 0 Å². The molecule has 0 aliphatic heterocycles. The minimum atomic E-state index is 0.830. The second-order valence-electron chi connectivity index (χ2n) is 1.91. The number of hydrazine groups is 1. The minimum Gasteiger partial charge on any atom is -0.315 e. The van der Waals surface area contributed by atoms with Crippen molar-refractivity contribution in [3.05, 3.63) is 24.4 Å². The topological polar surface area (TPSA) is 29.3 Å². The number of hydrogen-bond donors (Lipinski definition) is 1. The van der Waals surface area contributed by atoms with Crippen LogP contribution in [0.25, 0.3) is 0 Å². The Morgan fingerprint density at radius 3 is 2.67 bits per heavy atom. The lowest BCUT2D eigenvalue weighted by molar-refractivity contribution is 0.457. The first-order chi connectivity index (χ1) is 4.18. The molecular formula is C7H14N2. The molecule has 52 valence electrons. The van der Waals surface area contributed by atoms with Crippen LogP contribution in [0.15, 0.2) is 24.4 Å². The monoisotopic (exact) mass is 126 g/mol. The zero-order valence-corrected chi connectivity index (χ0v) is 6.09. The Labute approximate surface area is 56.6 Å².